The van der Waals surface area contributed by atoms with Crippen LogP contribution < -0.4 is 9.47 Å². The number of ether oxygens (including phenoxy) is 4. The first kappa shape index (κ1) is 36.5. The molecule has 3 heterocycles. The number of esters is 2. The minimum Gasteiger partial charge on any atom is -0.497 e. The van der Waals surface area contributed by atoms with Crippen LogP contribution in [0.3, 0.4) is 0 Å². The number of aromatic nitrogens is 2. The highest BCUT2D eigenvalue weighted by Gasteiger charge is 2.53. The lowest BCUT2D eigenvalue weighted by molar-refractivity contribution is -0.167. The third-order valence-corrected chi connectivity index (χ3v) is 9.45. The van der Waals surface area contributed by atoms with E-state index in [4.69, 9.17) is 18.9 Å². The number of rotatable bonds is 4. The summed E-state index contributed by atoms with van der Waals surface area (Å²) in [6.45, 7) is 12.6. The van der Waals surface area contributed by atoms with E-state index in [2.05, 4.69) is 9.97 Å². The highest BCUT2D eigenvalue weighted by Crippen LogP contribution is 2.43. The van der Waals surface area contributed by atoms with E-state index in [1.54, 1.807) is 39.0 Å². The number of carbonyl (C=O) groups is 3. The van der Waals surface area contributed by atoms with E-state index >= 15 is 8.78 Å². The van der Waals surface area contributed by atoms with Gasteiger partial charge in [-0.3, -0.25) is 9.59 Å². The van der Waals surface area contributed by atoms with Crippen LogP contribution in [0.15, 0.2) is 30.4 Å². The molecule has 268 valence electrons. The van der Waals surface area contributed by atoms with Crippen molar-refractivity contribution in [2.24, 2.45) is 23.2 Å². The summed E-state index contributed by atoms with van der Waals surface area (Å²) in [5.74, 6) is -6.47. The average molecular weight is 686 g/mol. The lowest BCUT2D eigenvalue weighted by Gasteiger charge is -2.35. The molecule has 2 fully saturated rings. The third-order valence-electron chi connectivity index (χ3n) is 9.45. The van der Waals surface area contributed by atoms with Gasteiger partial charge in [-0.05, 0) is 76.0 Å². The maximum Gasteiger partial charge on any atom is 0.329 e. The van der Waals surface area contributed by atoms with Crippen LogP contribution in [0.25, 0.3) is 11.0 Å². The van der Waals surface area contributed by atoms with Crippen LogP contribution >= 0.6 is 0 Å². The number of nitrogens with zero attached hydrogens (tertiary/aromatic N) is 3. The van der Waals surface area contributed by atoms with E-state index in [1.165, 1.54) is 18.1 Å². The van der Waals surface area contributed by atoms with Crippen LogP contribution in [0.2, 0.25) is 0 Å². The first-order chi connectivity index (χ1) is 22.9. The van der Waals surface area contributed by atoms with Crippen molar-refractivity contribution < 1.29 is 42.1 Å². The van der Waals surface area contributed by atoms with Crippen LogP contribution in [-0.2, 0) is 29.8 Å². The van der Waals surface area contributed by atoms with Crippen molar-refractivity contribution >= 4 is 28.9 Å². The topological polar surface area (TPSA) is 117 Å². The Hall–Kier alpha value is -3.83. The monoisotopic (exact) mass is 685 g/mol. The van der Waals surface area contributed by atoms with Crippen molar-refractivity contribution in [2.75, 3.05) is 13.7 Å². The Morgan fingerprint density at radius 2 is 1.80 bits per heavy atom. The van der Waals surface area contributed by atoms with Crippen molar-refractivity contribution in [3.8, 4) is 11.6 Å². The second-order valence-electron chi connectivity index (χ2n) is 15.6. The quantitative estimate of drug-likeness (QED) is 0.254. The second kappa shape index (κ2) is 13.8. The van der Waals surface area contributed by atoms with E-state index in [0.717, 1.165) is 6.08 Å². The van der Waals surface area contributed by atoms with Gasteiger partial charge in [0.05, 0.1) is 37.0 Å². The molecule has 1 aromatic heterocycles. The van der Waals surface area contributed by atoms with Crippen molar-refractivity contribution in [1.29, 1.82) is 0 Å². The molecule has 0 radical (unpaired) electrons. The van der Waals surface area contributed by atoms with Gasteiger partial charge in [0.2, 0.25) is 11.8 Å². The molecular weight excluding hydrogens is 636 g/mol. The van der Waals surface area contributed by atoms with E-state index < -0.39 is 70.3 Å². The number of carbonyl (C=O) groups excluding carboxylic acids is 3. The summed E-state index contributed by atoms with van der Waals surface area (Å²) < 4.78 is 55.5. The Morgan fingerprint density at radius 3 is 2.45 bits per heavy atom. The second-order valence-corrected chi connectivity index (χ2v) is 15.6. The zero-order valence-electron chi connectivity index (χ0n) is 29.8. The lowest BCUT2D eigenvalue weighted by atomic mass is 9.77. The molecule has 3 aliphatic rings. The maximum absolute atomic E-state index is 16.1. The normalized spacial score (nSPS) is 28.3. The van der Waals surface area contributed by atoms with Gasteiger partial charge < -0.3 is 23.8 Å². The summed E-state index contributed by atoms with van der Waals surface area (Å²) in [5.41, 5.74) is -1.70. The number of hydrogen-bond donors (Lipinski definition) is 0. The van der Waals surface area contributed by atoms with Crippen molar-refractivity contribution in [3.05, 3.63) is 36.0 Å². The summed E-state index contributed by atoms with van der Waals surface area (Å²) in [6.07, 6.45) is 3.38. The smallest absolute Gasteiger partial charge is 0.329 e. The fourth-order valence-electron chi connectivity index (χ4n) is 6.79. The Labute approximate surface area is 286 Å². The molecule has 1 saturated carbocycles. The van der Waals surface area contributed by atoms with Gasteiger partial charge >= 0.3 is 17.9 Å². The molecule has 49 heavy (non-hydrogen) atoms. The Bertz CT molecular complexity index is 1600. The predicted molar refractivity (Wildman–Crippen MR) is 178 cm³/mol. The molecule has 2 aromatic rings. The molecule has 2 aliphatic heterocycles. The molecule has 0 N–H and O–H groups in total. The number of halogens is 2. The number of amides is 1. The summed E-state index contributed by atoms with van der Waals surface area (Å²) in [6, 6.07) is 3.67. The van der Waals surface area contributed by atoms with Crippen LogP contribution in [0.1, 0.15) is 92.7 Å². The molecule has 5 rings (SSSR count). The molecule has 1 saturated heterocycles. The molecule has 6 atom stereocenters. The van der Waals surface area contributed by atoms with E-state index in [1.807, 2.05) is 27.7 Å². The van der Waals surface area contributed by atoms with E-state index in [9.17, 15) is 14.4 Å². The fourth-order valence-corrected chi connectivity index (χ4v) is 6.79. The maximum atomic E-state index is 16.1. The van der Waals surface area contributed by atoms with Gasteiger partial charge in [-0.1, -0.05) is 40.2 Å². The van der Waals surface area contributed by atoms with E-state index in [0.29, 0.717) is 37.9 Å². The van der Waals surface area contributed by atoms with Crippen molar-refractivity contribution in [3.63, 3.8) is 0 Å². The average Bonchev–Trinajstić information content (AvgIpc) is 3.64. The zero-order chi connectivity index (χ0) is 35.9. The summed E-state index contributed by atoms with van der Waals surface area (Å²) >= 11 is 0. The molecule has 12 heteroatoms. The largest absolute Gasteiger partial charge is 0.497 e. The van der Waals surface area contributed by atoms with Crippen molar-refractivity contribution in [1.82, 2.24) is 14.9 Å². The van der Waals surface area contributed by atoms with Gasteiger partial charge in [0.15, 0.2) is 5.69 Å². The molecule has 0 unspecified atom stereocenters. The molecular formula is C37H49F2N3O7. The first-order valence-corrected chi connectivity index (χ1v) is 17.2. The minimum atomic E-state index is -3.56. The van der Waals surface area contributed by atoms with Crippen LogP contribution in [0, 0.1) is 23.2 Å². The molecule has 10 nitrogen and oxygen atoms in total. The predicted octanol–water partition coefficient (Wildman–Crippen LogP) is 6.78. The van der Waals surface area contributed by atoms with Gasteiger partial charge in [-0.15, -0.1) is 0 Å². The van der Waals surface area contributed by atoms with Gasteiger partial charge in [0.25, 0.3) is 0 Å². The van der Waals surface area contributed by atoms with Gasteiger partial charge in [-0.2, -0.15) is 8.78 Å². The number of benzene rings is 1. The number of methoxy groups -OCH3 is 1. The SMILES string of the molecule is CCC[C@@H]1[C@@H]2CN(C(=O)[C@H](C(C)(C)C)CC(=O)O[C@@H]3C[C@H]3CC/C=C/C(F)(F)c3nc4ccc(OC)cc4nc3O2)[C@@H]1C(=O)OC(C)(C)C. The lowest BCUT2D eigenvalue weighted by Crippen LogP contribution is -2.50. The van der Waals surface area contributed by atoms with Gasteiger partial charge in [0.1, 0.15) is 29.6 Å². The molecule has 2 bridgehead atoms. The zero-order valence-corrected chi connectivity index (χ0v) is 29.8. The third kappa shape index (κ3) is 8.32. The van der Waals surface area contributed by atoms with Crippen molar-refractivity contribution in [2.45, 2.75) is 117 Å². The standard InChI is InChI=1S/C37H49F2N3O7/c1-9-12-23-28-20-42(30(23)34(45)49-36(5,6)7)33(44)24(35(2,3)4)19-29(43)47-27-17-21(27)13-10-11-16-37(38,39)31-32(48-28)41-26-18-22(46-8)14-15-25(26)40-31/h11,14-16,18,21,23-24,27-28,30H,9-10,12-13,17,19-20H2,1-8H3/b16-11+/t21-,23-,24-,27-,28+,30+/m1/s1. The van der Waals surface area contributed by atoms with Gasteiger partial charge in [-0.25, -0.2) is 14.8 Å². The van der Waals surface area contributed by atoms with E-state index in [-0.39, 0.29) is 36.0 Å². The number of hydrogen-bond acceptors (Lipinski definition) is 9. The molecule has 1 aromatic carbocycles. The van der Waals surface area contributed by atoms with Crippen LogP contribution in [0.5, 0.6) is 11.6 Å². The molecule has 1 aliphatic carbocycles. The highest BCUT2D eigenvalue weighted by atomic mass is 19.3. The highest BCUT2D eigenvalue weighted by molar-refractivity contribution is 5.90. The Kier molecular flexibility index (Phi) is 10.3. The summed E-state index contributed by atoms with van der Waals surface area (Å²) in [7, 11) is 1.49. The number of alkyl halides is 2. The molecule has 0 spiro atoms. The first-order valence-electron chi connectivity index (χ1n) is 17.2. The Morgan fingerprint density at radius 1 is 1.06 bits per heavy atom. The van der Waals surface area contributed by atoms with Gasteiger partial charge in [0, 0.05) is 12.0 Å². The fraction of sp³-hybridized carbons (Fsp3) is 0.649. The van der Waals surface area contributed by atoms with Crippen LogP contribution in [-0.4, -0.2) is 70.2 Å². The van der Waals surface area contributed by atoms with Crippen LogP contribution in [0.4, 0.5) is 8.78 Å². The number of allylic oxidation sites excluding steroid dienone is 2. The minimum absolute atomic E-state index is 0.0462. The molecule has 1 amide bonds. The summed E-state index contributed by atoms with van der Waals surface area (Å²) in [5, 5.41) is 0. The number of fused-ring (bicyclic) bond motifs is 5. The Balaban J connectivity index is 1.66. The summed E-state index contributed by atoms with van der Waals surface area (Å²) in [4.78, 5) is 52.1.